The summed E-state index contributed by atoms with van der Waals surface area (Å²) in [6, 6.07) is 12.1. The second kappa shape index (κ2) is 9.40. The van der Waals surface area contributed by atoms with E-state index in [1.165, 1.54) is 34.0 Å². The number of aryl methyl sites for hydroxylation is 2. The molecule has 9 heteroatoms. The van der Waals surface area contributed by atoms with Crippen LogP contribution in [0.4, 0.5) is 5.69 Å². The van der Waals surface area contributed by atoms with E-state index in [1.807, 2.05) is 38.1 Å². The summed E-state index contributed by atoms with van der Waals surface area (Å²) in [5.74, 6) is 0.598. The van der Waals surface area contributed by atoms with Crippen molar-refractivity contribution in [2.24, 2.45) is 0 Å². The summed E-state index contributed by atoms with van der Waals surface area (Å²) in [4.78, 5) is 17.5. The first-order chi connectivity index (χ1) is 15.3. The van der Waals surface area contributed by atoms with Crippen LogP contribution in [0.25, 0.3) is 0 Å². The minimum absolute atomic E-state index is 0.131. The van der Waals surface area contributed by atoms with Gasteiger partial charge in [0, 0.05) is 13.1 Å². The smallest absolute Gasteiger partial charge is 0.267 e. The molecule has 0 saturated carbocycles. The van der Waals surface area contributed by atoms with Crippen molar-refractivity contribution < 1.29 is 17.9 Å². The molecule has 0 unspecified atom stereocenters. The molecular weight excluding hydrogens is 446 g/mol. The summed E-state index contributed by atoms with van der Waals surface area (Å²) in [5, 5.41) is 3.59. The number of benzene rings is 2. The monoisotopic (exact) mass is 471 g/mol. The SMILES string of the molecule is Cc1cccc(Oc2ccc(S(=O)(=O)N3CCCCC3)cc2NC(=O)c2cnc(C)s2)c1. The lowest BCUT2D eigenvalue weighted by molar-refractivity contribution is 0.103. The maximum absolute atomic E-state index is 13.2. The standard InChI is InChI=1S/C23H25N3O4S2/c1-16-7-6-8-18(13-16)30-21-10-9-19(32(28,29)26-11-4-3-5-12-26)14-20(21)25-23(27)22-15-24-17(2)31-22/h6-10,13-15H,3-5,11-12H2,1-2H3,(H,25,27). The first-order valence-electron chi connectivity index (χ1n) is 10.5. The van der Waals surface area contributed by atoms with Gasteiger partial charge < -0.3 is 10.1 Å². The van der Waals surface area contributed by atoms with Crippen LogP contribution in [0.3, 0.4) is 0 Å². The van der Waals surface area contributed by atoms with Crippen molar-refractivity contribution in [1.29, 1.82) is 0 Å². The molecule has 1 fully saturated rings. The van der Waals surface area contributed by atoms with E-state index in [9.17, 15) is 13.2 Å². The van der Waals surface area contributed by atoms with Gasteiger partial charge in [0.1, 0.15) is 10.6 Å². The van der Waals surface area contributed by atoms with Gasteiger partial charge in [0.2, 0.25) is 10.0 Å². The lowest BCUT2D eigenvalue weighted by Crippen LogP contribution is -2.35. The molecule has 0 aliphatic carbocycles. The van der Waals surface area contributed by atoms with Gasteiger partial charge >= 0.3 is 0 Å². The third kappa shape index (κ3) is 5.01. The molecule has 1 saturated heterocycles. The highest BCUT2D eigenvalue weighted by Gasteiger charge is 2.27. The number of ether oxygens (including phenoxy) is 1. The Morgan fingerprint density at radius 1 is 1.09 bits per heavy atom. The quantitative estimate of drug-likeness (QED) is 0.548. The van der Waals surface area contributed by atoms with Crippen LogP contribution >= 0.6 is 11.3 Å². The van der Waals surface area contributed by atoms with Gasteiger partial charge in [0.25, 0.3) is 5.91 Å². The van der Waals surface area contributed by atoms with E-state index in [2.05, 4.69) is 10.3 Å². The van der Waals surface area contributed by atoms with Crippen LogP contribution in [0.5, 0.6) is 11.5 Å². The normalized spacial score (nSPS) is 14.8. The van der Waals surface area contributed by atoms with E-state index in [-0.39, 0.29) is 10.8 Å². The first-order valence-corrected chi connectivity index (χ1v) is 12.7. The Hall–Kier alpha value is -2.75. The second-order valence-corrected chi connectivity index (χ2v) is 10.9. The highest BCUT2D eigenvalue weighted by atomic mass is 32.2. The van der Waals surface area contributed by atoms with Gasteiger partial charge in [-0.2, -0.15) is 4.31 Å². The predicted molar refractivity (Wildman–Crippen MR) is 125 cm³/mol. The third-order valence-electron chi connectivity index (χ3n) is 5.21. The van der Waals surface area contributed by atoms with Crippen LogP contribution in [0, 0.1) is 13.8 Å². The molecule has 1 aromatic heterocycles. The summed E-state index contributed by atoms with van der Waals surface area (Å²) < 4.78 is 33.9. The molecular formula is C23H25N3O4S2. The Morgan fingerprint density at radius 3 is 2.56 bits per heavy atom. The van der Waals surface area contributed by atoms with Crippen LogP contribution in [-0.4, -0.2) is 36.7 Å². The fourth-order valence-corrected chi connectivity index (χ4v) is 5.78. The van der Waals surface area contributed by atoms with Crippen molar-refractivity contribution in [2.75, 3.05) is 18.4 Å². The second-order valence-electron chi connectivity index (χ2n) is 7.74. The number of amides is 1. The van der Waals surface area contributed by atoms with Crippen LogP contribution in [0.1, 0.15) is 39.5 Å². The highest BCUT2D eigenvalue weighted by molar-refractivity contribution is 7.89. The Balaban J connectivity index is 1.69. The van der Waals surface area contributed by atoms with E-state index in [0.717, 1.165) is 29.8 Å². The fraction of sp³-hybridized carbons (Fsp3) is 0.304. The molecule has 0 spiro atoms. The van der Waals surface area contributed by atoms with Gasteiger partial charge in [-0.1, -0.05) is 18.6 Å². The van der Waals surface area contributed by atoms with Gasteiger partial charge in [-0.3, -0.25) is 4.79 Å². The lowest BCUT2D eigenvalue weighted by Gasteiger charge is -2.26. The summed E-state index contributed by atoms with van der Waals surface area (Å²) in [5.41, 5.74) is 1.32. The van der Waals surface area contributed by atoms with Crippen LogP contribution in [0.2, 0.25) is 0 Å². The number of nitrogens with one attached hydrogen (secondary N) is 1. The van der Waals surface area contributed by atoms with Gasteiger partial charge in [-0.25, -0.2) is 13.4 Å². The highest BCUT2D eigenvalue weighted by Crippen LogP contribution is 2.34. The molecule has 32 heavy (non-hydrogen) atoms. The summed E-state index contributed by atoms with van der Waals surface area (Å²) in [7, 11) is -3.66. The zero-order valence-corrected chi connectivity index (χ0v) is 19.6. The minimum Gasteiger partial charge on any atom is -0.455 e. The number of sulfonamides is 1. The molecule has 1 aliphatic rings. The molecule has 168 valence electrons. The Morgan fingerprint density at radius 2 is 1.88 bits per heavy atom. The molecule has 4 rings (SSSR count). The van der Waals surface area contributed by atoms with Crippen molar-refractivity contribution in [1.82, 2.24) is 9.29 Å². The topological polar surface area (TPSA) is 88.6 Å². The summed E-state index contributed by atoms with van der Waals surface area (Å²) in [6.45, 7) is 4.78. The maximum Gasteiger partial charge on any atom is 0.267 e. The van der Waals surface area contributed by atoms with Gasteiger partial charge in [0.15, 0.2) is 5.75 Å². The number of anilines is 1. The van der Waals surface area contributed by atoms with Crippen LogP contribution < -0.4 is 10.1 Å². The fourth-order valence-electron chi connectivity index (χ4n) is 3.57. The molecule has 2 heterocycles. The number of rotatable bonds is 6. The van der Waals surface area contributed by atoms with E-state index >= 15 is 0 Å². The van der Waals surface area contributed by atoms with Crippen molar-refractivity contribution in [3.05, 3.63) is 64.1 Å². The number of carbonyl (C=O) groups excluding carboxylic acids is 1. The number of carbonyl (C=O) groups is 1. The number of nitrogens with zero attached hydrogens (tertiary/aromatic N) is 2. The molecule has 1 aliphatic heterocycles. The van der Waals surface area contributed by atoms with E-state index in [4.69, 9.17) is 4.74 Å². The van der Waals surface area contributed by atoms with Crippen molar-refractivity contribution in [3.63, 3.8) is 0 Å². The van der Waals surface area contributed by atoms with Gasteiger partial charge in [-0.05, 0) is 62.6 Å². The Labute approximate surface area is 192 Å². The van der Waals surface area contributed by atoms with Crippen molar-refractivity contribution >= 4 is 33.0 Å². The lowest BCUT2D eigenvalue weighted by atomic mass is 10.2. The van der Waals surface area contributed by atoms with Gasteiger partial charge in [0.05, 0.1) is 21.8 Å². The van der Waals surface area contributed by atoms with E-state index in [0.29, 0.717) is 35.2 Å². The van der Waals surface area contributed by atoms with E-state index in [1.54, 1.807) is 6.07 Å². The molecule has 3 aromatic rings. The zero-order chi connectivity index (χ0) is 22.7. The summed E-state index contributed by atoms with van der Waals surface area (Å²) in [6.07, 6.45) is 4.24. The molecule has 0 atom stereocenters. The number of hydrogen-bond donors (Lipinski definition) is 1. The van der Waals surface area contributed by atoms with Crippen molar-refractivity contribution in [2.45, 2.75) is 38.0 Å². The average molecular weight is 472 g/mol. The number of piperidine rings is 1. The molecule has 1 N–H and O–H groups in total. The largest absolute Gasteiger partial charge is 0.455 e. The average Bonchev–Trinajstić information content (AvgIpc) is 3.22. The molecule has 2 aromatic carbocycles. The number of hydrogen-bond acceptors (Lipinski definition) is 6. The molecule has 0 bridgehead atoms. The zero-order valence-electron chi connectivity index (χ0n) is 18.0. The van der Waals surface area contributed by atoms with E-state index < -0.39 is 10.0 Å². The predicted octanol–water partition coefficient (Wildman–Crippen LogP) is 4.98. The van der Waals surface area contributed by atoms with Crippen molar-refractivity contribution in [3.8, 4) is 11.5 Å². The van der Waals surface area contributed by atoms with Gasteiger partial charge in [-0.15, -0.1) is 11.3 Å². The Bertz CT molecular complexity index is 1230. The number of thiazole rings is 1. The molecule has 0 radical (unpaired) electrons. The number of aromatic nitrogens is 1. The summed E-state index contributed by atoms with van der Waals surface area (Å²) >= 11 is 1.27. The third-order valence-corrected chi connectivity index (χ3v) is 8.02. The maximum atomic E-state index is 13.2. The molecule has 1 amide bonds. The van der Waals surface area contributed by atoms with Crippen LogP contribution in [-0.2, 0) is 10.0 Å². The molecule has 7 nitrogen and oxygen atoms in total. The first kappa shape index (κ1) is 22.4. The van der Waals surface area contributed by atoms with Crippen LogP contribution in [0.15, 0.2) is 53.6 Å². The Kier molecular flexibility index (Phi) is 6.59. The minimum atomic E-state index is -3.66.